The first kappa shape index (κ1) is 14.6. The number of hydrogen-bond donors (Lipinski definition) is 2. The number of hydrogen-bond acceptors (Lipinski definition) is 3. The molecule has 0 atom stereocenters. The highest BCUT2D eigenvalue weighted by Gasteiger charge is 2.11. The molecular weight excluding hydrogens is 270 g/mol. The molecule has 2 aromatic rings. The molecule has 0 fully saturated rings. The number of methoxy groups -OCH3 is 1. The fourth-order valence-corrected chi connectivity index (χ4v) is 2.45. The van der Waals surface area contributed by atoms with Gasteiger partial charge in [0.25, 0.3) is 0 Å². The zero-order chi connectivity index (χ0) is 12.4. The fourth-order valence-electron chi connectivity index (χ4n) is 1.69. The highest BCUT2D eigenvalue weighted by molar-refractivity contribution is 8.13. The van der Waals surface area contributed by atoms with Crippen molar-refractivity contribution in [3.05, 3.63) is 30.0 Å². The van der Waals surface area contributed by atoms with Gasteiger partial charge < -0.3 is 17.1 Å². The summed E-state index contributed by atoms with van der Waals surface area (Å²) >= 11 is 1.34. The molecule has 0 radical (unpaired) electrons. The summed E-state index contributed by atoms with van der Waals surface area (Å²) in [6.07, 6.45) is 0. The van der Waals surface area contributed by atoms with Crippen LogP contribution in [-0.4, -0.2) is 17.3 Å². The number of aryl methyl sites for hydroxylation is 1. The van der Waals surface area contributed by atoms with Crippen LogP contribution in [0.15, 0.2) is 29.2 Å². The van der Waals surface area contributed by atoms with Gasteiger partial charge in [-0.05, 0) is 30.8 Å². The van der Waals surface area contributed by atoms with Gasteiger partial charge in [0.1, 0.15) is 11.3 Å². The van der Waals surface area contributed by atoms with Crippen LogP contribution in [0.25, 0.3) is 10.9 Å². The topological polar surface area (TPSA) is 73.7 Å². The first-order chi connectivity index (χ1) is 8.11. The lowest BCUT2D eigenvalue weighted by Crippen LogP contribution is -3.00. The summed E-state index contributed by atoms with van der Waals surface area (Å²) in [6.45, 7) is 1.93. The summed E-state index contributed by atoms with van der Waals surface area (Å²) in [4.78, 5) is 5.48. The predicted octanol–water partition coefficient (Wildman–Crippen LogP) is -2.28. The van der Waals surface area contributed by atoms with E-state index in [0.717, 1.165) is 27.2 Å². The third kappa shape index (κ3) is 2.86. The normalized spacial score (nSPS) is 9.89. The van der Waals surface area contributed by atoms with Crippen molar-refractivity contribution in [3.8, 4) is 5.75 Å². The molecule has 1 aromatic heterocycles. The van der Waals surface area contributed by atoms with Crippen LogP contribution in [0.5, 0.6) is 5.75 Å². The molecule has 0 saturated carbocycles. The summed E-state index contributed by atoms with van der Waals surface area (Å²) in [6, 6.07) is 7.76. The van der Waals surface area contributed by atoms with Gasteiger partial charge in [-0.3, -0.25) is 11.1 Å². The summed E-state index contributed by atoms with van der Waals surface area (Å²) in [5.74, 6) is 0.753. The maximum absolute atomic E-state index is 5.54. The summed E-state index contributed by atoms with van der Waals surface area (Å²) in [5.41, 5.74) is 7.28. The molecule has 18 heavy (non-hydrogen) atoms. The summed E-state index contributed by atoms with van der Waals surface area (Å²) in [5, 5.41) is 6.85. The van der Waals surface area contributed by atoms with Crippen LogP contribution in [0.4, 0.5) is 0 Å². The van der Waals surface area contributed by atoms with E-state index in [9.17, 15) is 0 Å². The predicted molar refractivity (Wildman–Crippen MR) is 70.0 cm³/mol. The fraction of sp³-hybridized carbons (Fsp3) is 0.167. The van der Waals surface area contributed by atoms with E-state index in [-0.39, 0.29) is 12.4 Å². The Balaban J connectivity index is 0.00000162. The first-order valence-corrected chi connectivity index (χ1v) is 5.93. The average molecular weight is 284 g/mol. The van der Waals surface area contributed by atoms with Gasteiger partial charge in [0.05, 0.1) is 7.11 Å². The molecule has 2 rings (SSSR count). The van der Waals surface area contributed by atoms with E-state index in [1.54, 1.807) is 7.11 Å². The molecule has 4 nitrogen and oxygen atoms in total. The van der Waals surface area contributed by atoms with Crippen LogP contribution < -0.4 is 28.3 Å². The van der Waals surface area contributed by atoms with Crippen molar-refractivity contribution in [2.24, 2.45) is 5.73 Å². The number of pyridine rings is 1. The first-order valence-electron chi connectivity index (χ1n) is 5.12. The Morgan fingerprint density at radius 3 is 2.78 bits per heavy atom. The molecule has 0 aliphatic rings. The minimum atomic E-state index is 0. The maximum atomic E-state index is 5.54. The maximum Gasteiger partial charge on any atom is 0.304 e. The van der Waals surface area contributed by atoms with Gasteiger partial charge >= 0.3 is 5.17 Å². The molecule has 0 unspecified atom stereocenters. The van der Waals surface area contributed by atoms with Gasteiger partial charge in [-0.1, -0.05) is 12.1 Å². The van der Waals surface area contributed by atoms with Crippen LogP contribution in [0, 0.1) is 6.92 Å². The summed E-state index contributed by atoms with van der Waals surface area (Å²) < 4.78 is 5.30. The molecule has 0 spiro atoms. The molecule has 0 aliphatic heterocycles. The van der Waals surface area contributed by atoms with Crippen LogP contribution in [0.1, 0.15) is 5.69 Å². The lowest BCUT2D eigenvalue weighted by molar-refractivity contribution is -0.110. The second-order valence-corrected chi connectivity index (χ2v) is 4.74. The number of rotatable bonds is 2. The number of benzene rings is 1. The number of fused-ring (bicyclic) bond motifs is 1. The Bertz CT molecular complexity index is 589. The smallest absolute Gasteiger partial charge is 0.304 e. The molecule has 0 saturated heterocycles. The van der Waals surface area contributed by atoms with Gasteiger partial charge in [0.15, 0.2) is 0 Å². The van der Waals surface area contributed by atoms with Crippen LogP contribution in [-0.2, 0) is 0 Å². The minimum Gasteiger partial charge on any atom is -1.00 e. The molecule has 4 N–H and O–H groups in total. The standard InChI is InChI=1S/C12H13N3OS.ClH/c1-7-6-10(17-12(13)14)8-4-3-5-9(16-2)11(8)15-7;/h3-6H,1-2H3,(H3,13,14);1H. The number of ether oxygens (including phenoxy) is 1. The van der Waals surface area contributed by atoms with Crippen molar-refractivity contribution in [1.29, 1.82) is 0 Å². The highest BCUT2D eigenvalue weighted by Crippen LogP contribution is 2.31. The molecule has 0 amide bonds. The van der Waals surface area contributed by atoms with E-state index in [0.29, 0.717) is 5.17 Å². The second-order valence-electron chi connectivity index (χ2n) is 3.62. The van der Waals surface area contributed by atoms with E-state index in [4.69, 9.17) is 15.9 Å². The Morgan fingerprint density at radius 1 is 1.44 bits per heavy atom. The Labute approximate surface area is 116 Å². The minimum absolute atomic E-state index is 0. The molecular formula is C12H14ClN3OS. The average Bonchev–Trinajstić information content (AvgIpc) is 2.27. The third-order valence-electron chi connectivity index (χ3n) is 2.34. The van der Waals surface area contributed by atoms with E-state index >= 15 is 0 Å². The van der Waals surface area contributed by atoms with Gasteiger partial charge in [-0.25, -0.2) is 4.98 Å². The summed E-state index contributed by atoms with van der Waals surface area (Å²) in [7, 11) is 1.63. The van der Waals surface area contributed by atoms with Gasteiger partial charge in [-0.2, -0.15) is 0 Å². The molecule has 96 valence electrons. The molecule has 1 heterocycles. The molecule has 1 aromatic carbocycles. The molecule has 0 bridgehead atoms. The van der Waals surface area contributed by atoms with E-state index < -0.39 is 0 Å². The lowest BCUT2D eigenvalue weighted by atomic mass is 10.2. The van der Waals surface area contributed by atoms with Crippen molar-refractivity contribution in [2.75, 3.05) is 7.11 Å². The van der Waals surface area contributed by atoms with E-state index in [2.05, 4.69) is 4.98 Å². The number of para-hydroxylation sites is 1. The SMILES string of the molecule is COc1cccc2c(SC(N)=[NH2+])cc(C)nc12.[Cl-]. The zero-order valence-electron chi connectivity index (χ0n) is 10.1. The highest BCUT2D eigenvalue weighted by atomic mass is 35.5. The van der Waals surface area contributed by atoms with Crippen molar-refractivity contribution in [2.45, 2.75) is 11.8 Å². The largest absolute Gasteiger partial charge is 1.00 e. The van der Waals surface area contributed by atoms with Gasteiger partial charge in [0.2, 0.25) is 0 Å². The van der Waals surface area contributed by atoms with Crippen molar-refractivity contribution >= 4 is 27.8 Å². The second kappa shape index (κ2) is 5.93. The zero-order valence-corrected chi connectivity index (χ0v) is 11.7. The van der Waals surface area contributed by atoms with E-state index in [1.165, 1.54) is 11.8 Å². The van der Waals surface area contributed by atoms with Crippen molar-refractivity contribution < 1.29 is 22.6 Å². The van der Waals surface area contributed by atoms with Gasteiger partial charge in [0, 0.05) is 16.0 Å². The van der Waals surface area contributed by atoms with Crippen molar-refractivity contribution in [1.82, 2.24) is 4.98 Å². The quantitative estimate of drug-likeness (QED) is 0.370. The number of amidine groups is 1. The number of nitrogens with two attached hydrogens (primary N) is 2. The monoisotopic (exact) mass is 283 g/mol. The Hall–Kier alpha value is -1.46. The lowest BCUT2D eigenvalue weighted by Gasteiger charge is -2.08. The van der Waals surface area contributed by atoms with Crippen LogP contribution in [0.2, 0.25) is 0 Å². The molecule has 0 aliphatic carbocycles. The van der Waals surface area contributed by atoms with E-state index in [1.807, 2.05) is 31.2 Å². The van der Waals surface area contributed by atoms with Crippen molar-refractivity contribution in [3.63, 3.8) is 0 Å². The van der Waals surface area contributed by atoms with Crippen LogP contribution in [0.3, 0.4) is 0 Å². The number of halogens is 1. The number of thioether (sulfide) groups is 1. The van der Waals surface area contributed by atoms with Crippen LogP contribution >= 0.6 is 11.8 Å². The Kier molecular flexibility index (Phi) is 4.81. The number of nitrogens with zero attached hydrogens (tertiary/aromatic N) is 1. The molecule has 6 heteroatoms. The van der Waals surface area contributed by atoms with Gasteiger partial charge in [-0.15, -0.1) is 0 Å². The third-order valence-corrected chi connectivity index (χ3v) is 3.13. The number of aromatic nitrogens is 1. The Morgan fingerprint density at radius 2 is 2.17 bits per heavy atom.